The van der Waals surface area contributed by atoms with E-state index >= 15 is 0 Å². The van der Waals surface area contributed by atoms with Crippen LogP contribution in [0.2, 0.25) is 0 Å². The number of rotatable bonds is 14. The van der Waals surface area contributed by atoms with Crippen molar-refractivity contribution < 1.29 is 28.2 Å². The lowest BCUT2D eigenvalue weighted by Crippen LogP contribution is -2.28. The molecule has 2 aliphatic heterocycles. The molecule has 1 amide bonds. The number of carbonyl (C=O) groups is 2. The van der Waals surface area contributed by atoms with Crippen molar-refractivity contribution in [1.29, 1.82) is 0 Å². The van der Waals surface area contributed by atoms with Crippen molar-refractivity contribution in [2.24, 2.45) is 5.92 Å². The summed E-state index contributed by atoms with van der Waals surface area (Å²) < 4.78 is 26.1. The minimum absolute atomic E-state index is 0.0141. The third-order valence-corrected chi connectivity index (χ3v) is 7.50. The van der Waals surface area contributed by atoms with Gasteiger partial charge in [0.25, 0.3) is 5.91 Å². The topological polar surface area (TPSA) is 102 Å². The molecule has 0 radical (unpaired) electrons. The summed E-state index contributed by atoms with van der Waals surface area (Å²) in [5, 5.41) is 12.0. The van der Waals surface area contributed by atoms with E-state index in [1.807, 2.05) is 0 Å². The maximum atomic E-state index is 14.1. The molecule has 4 rings (SSSR count). The number of carboxylic acid groups (broad SMARTS) is 1. The first kappa shape index (κ1) is 27.0. The molecule has 2 saturated heterocycles. The molecule has 8 heteroatoms. The number of unbranched alkanes of at least 4 members (excludes halogenated alkanes) is 6. The van der Waals surface area contributed by atoms with Crippen LogP contribution < -0.4 is 5.32 Å². The summed E-state index contributed by atoms with van der Waals surface area (Å²) >= 11 is 0. The zero-order valence-corrected chi connectivity index (χ0v) is 21.5. The number of fused-ring (bicyclic) bond motifs is 2. The third-order valence-electron chi connectivity index (χ3n) is 7.50. The first-order valence-electron chi connectivity index (χ1n) is 13.5. The number of amides is 1. The second kappa shape index (κ2) is 13.0. The van der Waals surface area contributed by atoms with Crippen molar-refractivity contribution >= 4 is 18.0 Å². The fraction of sp³-hybridized carbons (Fsp3) is 0.552. The van der Waals surface area contributed by atoms with Gasteiger partial charge in [-0.3, -0.25) is 4.79 Å². The SMILES string of the molecule is CCCCCCCCCNC(=O)c1coc(C2C3CCC(O3)C2Cc2cc(F)ccc2/C=C/C(=O)O)n1. The molecular weight excluding hydrogens is 475 g/mol. The summed E-state index contributed by atoms with van der Waals surface area (Å²) in [6.07, 6.45) is 14.4. The Bertz CT molecular complexity index is 1100. The van der Waals surface area contributed by atoms with Gasteiger partial charge < -0.3 is 19.6 Å². The van der Waals surface area contributed by atoms with Gasteiger partial charge in [0.1, 0.15) is 12.1 Å². The maximum Gasteiger partial charge on any atom is 0.328 e. The molecule has 4 unspecified atom stereocenters. The Morgan fingerprint density at radius 3 is 2.68 bits per heavy atom. The van der Waals surface area contributed by atoms with Crippen LogP contribution in [0.5, 0.6) is 0 Å². The predicted octanol–water partition coefficient (Wildman–Crippen LogP) is 5.90. The van der Waals surface area contributed by atoms with Crippen molar-refractivity contribution in [2.45, 2.75) is 89.3 Å². The van der Waals surface area contributed by atoms with Crippen LogP contribution in [-0.4, -0.2) is 40.7 Å². The van der Waals surface area contributed by atoms with Gasteiger partial charge in [-0.15, -0.1) is 0 Å². The van der Waals surface area contributed by atoms with Crippen molar-refractivity contribution in [3.8, 4) is 0 Å². The molecule has 0 saturated carbocycles. The summed E-state index contributed by atoms with van der Waals surface area (Å²) in [5.41, 5.74) is 1.63. The average molecular weight is 513 g/mol. The zero-order chi connectivity index (χ0) is 26.2. The number of benzene rings is 1. The minimum atomic E-state index is -1.06. The second-order valence-electron chi connectivity index (χ2n) is 10.1. The monoisotopic (exact) mass is 512 g/mol. The van der Waals surface area contributed by atoms with Gasteiger partial charge in [0.2, 0.25) is 5.89 Å². The Balaban J connectivity index is 1.38. The van der Waals surface area contributed by atoms with Crippen molar-refractivity contribution in [3.63, 3.8) is 0 Å². The van der Waals surface area contributed by atoms with Crippen LogP contribution in [-0.2, 0) is 16.0 Å². The summed E-state index contributed by atoms with van der Waals surface area (Å²) in [6.45, 7) is 2.82. The smallest absolute Gasteiger partial charge is 0.328 e. The van der Waals surface area contributed by atoms with Gasteiger partial charge in [-0.2, -0.15) is 0 Å². The van der Waals surface area contributed by atoms with E-state index in [0.29, 0.717) is 30.0 Å². The number of nitrogens with zero attached hydrogens (tertiary/aromatic N) is 1. The number of hydrogen-bond acceptors (Lipinski definition) is 5. The zero-order valence-electron chi connectivity index (χ0n) is 21.5. The lowest BCUT2D eigenvalue weighted by Gasteiger charge is -2.26. The first-order chi connectivity index (χ1) is 18.0. The van der Waals surface area contributed by atoms with E-state index in [2.05, 4.69) is 17.2 Å². The molecule has 4 atom stereocenters. The fourth-order valence-corrected chi connectivity index (χ4v) is 5.62. The van der Waals surface area contributed by atoms with Crippen molar-refractivity contribution in [3.05, 3.63) is 59.1 Å². The Morgan fingerprint density at radius 1 is 1.14 bits per heavy atom. The summed E-state index contributed by atoms with van der Waals surface area (Å²) in [4.78, 5) is 28.2. The normalized spacial score (nSPS) is 22.6. The number of halogens is 1. The summed E-state index contributed by atoms with van der Waals surface area (Å²) in [7, 11) is 0. The van der Waals surface area contributed by atoms with Crippen LogP contribution in [0.4, 0.5) is 4.39 Å². The Labute approximate surface area is 217 Å². The molecule has 3 heterocycles. The van der Waals surface area contributed by atoms with E-state index in [4.69, 9.17) is 14.3 Å². The Kier molecular flexibility index (Phi) is 9.50. The van der Waals surface area contributed by atoms with Crippen LogP contribution >= 0.6 is 0 Å². The maximum absolute atomic E-state index is 14.1. The van der Waals surface area contributed by atoms with Gasteiger partial charge in [-0.1, -0.05) is 51.5 Å². The summed E-state index contributed by atoms with van der Waals surface area (Å²) in [5.74, 6) is -1.37. The highest BCUT2D eigenvalue weighted by Crippen LogP contribution is 2.50. The predicted molar refractivity (Wildman–Crippen MR) is 138 cm³/mol. The molecule has 200 valence electrons. The van der Waals surface area contributed by atoms with E-state index in [9.17, 15) is 14.0 Å². The number of nitrogens with one attached hydrogen (secondary N) is 1. The summed E-state index contributed by atoms with van der Waals surface area (Å²) in [6, 6.07) is 4.36. The average Bonchev–Trinajstić information content (AvgIpc) is 3.62. The Hall–Kier alpha value is -3.00. The quantitative estimate of drug-likeness (QED) is 0.242. The number of hydrogen-bond donors (Lipinski definition) is 2. The lowest BCUT2D eigenvalue weighted by atomic mass is 9.75. The number of oxazole rings is 1. The van der Waals surface area contributed by atoms with Gasteiger partial charge in [-0.25, -0.2) is 14.2 Å². The molecule has 1 aromatic carbocycles. The molecule has 1 aromatic heterocycles. The molecule has 2 N–H and O–H groups in total. The highest BCUT2D eigenvalue weighted by atomic mass is 19.1. The largest absolute Gasteiger partial charge is 0.478 e. The van der Waals surface area contributed by atoms with Crippen LogP contribution in [0.15, 0.2) is 35.0 Å². The lowest BCUT2D eigenvalue weighted by molar-refractivity contribution is -0.131. The standard InChI is InChI=1S/C29H37FN2O5/c1-2-3-4-5-6-7-8-15-31-28(35)23-18-36-29(32-23)27-22(24-12-13-25(27)37-24)17-20-16-21(30)11-9-19(20)10-14-26(33)34/h9-11,14,16,18,22,24-25,27H,2-8,12-13,15,17H2,1H3,(H,31,35)(H,33,34)/b14-10+. The second-order valence-corrected chi connectivity index (χ2v) is 10.1. The van der Waals surface area contributed by atoms with Gasteiger partial charge in [0, 0.05) is 18.5 Å². The Morgan fingerprint density at radius 2 is 1.89 bits per heavy atom. The fourth-order valence-electron chi connectivity index (χ4n) is 5.62. The first-order valence-corrected chi connectivity index (χ1v) is 13.5. The van der Waals surface area contributed by atoms with E-state index in [-0.39, 0.29) is 41.5 Å². The van der Waals surface area contributed by atoms with Crippen LogP contribution in [0.1, 0.15) is 98.1 Å². The van der Waals surface area contributed by atoms with E-state index in [1.54, 1.807) is 6.07 Å². The third kappa shape index (κ3) is 7.06. The molecule has 0 aliphatic carbocycles. The molecular formula is C29H37FN2O5. The highest BCUT2D eigenvalue weighted by molar-refractivity contribution is 5.91. The highest BCUT2D eigenvalue weighted by Gasteiger charge is 2.51. The van der Waals surface area contributed by atoms with E-state index < -0.39 is 5.97 Å². The van der Waals surface area contributed by atoms with Crippen LogP contribution in [0, 0.1) is 11.7 Å². The molecule has 2 aromatic rings. The molecule has 7 nitrogen and oxygen atoms in total. The van der Waals surface area contributed by atoms with Crippen LogP contribution in [0.25, 0.3) is 6.08 Å². The number of aromatic nitrogens is 1. The van der Waals surface area contributed by atoms with E-state index in [1.165, 1.54) is 56.6 Å². The minimum Gasteiger partial charge on any atom is -0.478 e. The number of aliphatic carboxylic acids is 1. The molecule has 0 spiro atoms. The van der Waals surface area contributed by atoms with Gasteiger partial charge >= 0.3 is 5.97 Å². The van der Waals surface area contributed by atoms with Crippen molar-refractivity contribution in [1.82, 2.24) is 10.3 Å². The van der Waals surface area contributed by atoms with E-state index in [0.717, 1.165) is 31.8 Å². The molecule has 2 aliphatic rings. The van der Waals surface area contributed by atoms with Crippen molar-refractivity contribution in [2.75, 3.05) is 6.54 Å². The number of carbonyl (C=O) groups excluding carboxylic acids is 1. The molecule has 37 heavy (non-hydrogen) atoms. The van der Waals surface area contributed by atoms with Gasteiger partial charge in [-0.05, 0) is 55.0 Å². The van der Waals surface area contributed by atoms with Crippen LogP contribution in [0.3, 0.4) is 0 Å². The number of carboxylic acids is 1. The molecule has 2 fully saturated rings. The molecule has 2 bridgehead atoms. The van der Waals surface area contributed by atoms with Gasteiger partial charge in [0.05, 0.1) is 18.1 Å². The van der Waals surface area contributed by atoms with Gasteiger partial charge in [0.15, 0.2) is 5.69 Å². The number of ether oxygens (including phenoxy) is 1.